The van der Waals surface area contributed by atoms with Crippen molar-refractivity contribution < 1.29 is 28.8 Å². The number of methoxy groups -OCH3 is 2. The quantitative estimate of drug-likeness (QED) is 0.225. The number of nitrogens with one attached hydrogen (secondary N) is 3. The lowest BCUT2D eigenvalue weighted by molar-refractivity contribution is -0.384. The zero-order valence-electron chi connectivity index (χ0n) is 19.2. The van der Waals surface area contributed by atoms with E-state index in [0.717, 1.165) is 6.20 Å². The van der Waals surface area contributed by atoms with Crippen molar-refractivity contribution in [3.05, 3.63) is 69.9 Å². The summed E-state index contributed by atoms with van der Waals surface area (Å²) in [7, 11) is 2.37. The first-order valence-corrected chi connectivity index (χ1v) is 9.95. The molecule has 0 fully saturated rings. The molecule has 0 atom stereocenters. The van der Waals surface area contributed by atoms with Crippen LogP contribution in [0.2, 0.25) is 0 Å². The molecule has 0 saturated heterocycles. The Labute approximate surface area is 210 Å². The highest BCUT2D eigenvalue weighted by atomic mass is 35.5. The van der Waals surface area contributed by atoms with E-state index in [0.29, 0.717) is 11.4 Å². The van der Waals surface area contributed by atoms with Crippen LogP contribution in [0, 0.1) is 10.1 Å². The van der Waals surface area contributed by atoms with Crippen LogP contribution in [0.25, 0.3) is 0 Å². The molecule has 0 spiro atoms. The predicted octanol–water partition coefficient (Wildman–Crippen LogP) is 3.83. The summed E-state index contributed by atoms with van der Waals surface area (Å²) in [6.07, 6.45) is 0.991. The van der Waals surface area contributed by atoms with Crippen LogP contribution in [-0.2, 0) is 14.3 Å². The number of aromatic nitrogens is 2. The Morgan fingerprint density at radius 3 is 2.17 bits per heavy atom. The van der Waals surface area contributed by atoms with Crippen LogP contribution in [0.5, 0.6) is 0 Å². The highest BCUT2D eigenvalue weighted by molar-refractivity contribution is 6.00. The molecule has 188 valence electrons. The Kier molecular flexibility index (Phi) is 9.21. The Hall–Kier alpha value is -4.78. The summed E-state index contributed by atoms with van der Waals surface area (Å²) in [5, 5.41) is 19.8. The van der Waals surface area contributed by atoms with E-state index in [4.69, 9.17) is 9.47 Å². The van der Waals surface area contributed by atoms with Crippen molar-refractivity contribution in [3.63, 3.8) is 0 Å². The molecule has 14 heteroatoms. The second kappa shape index (κ2) is 12.1. The van der Waals surface area contributed by atoms with Gasteiger partial charge in [-0.25, -0.2) is 14.6 Å². The van der Waals surface area contributed by atoms with Gasteiger partial charge in [0.25, 0.3) is 0 Å². The van der Waals surface area contributed by atoms with Gasteiger partial charge in [-0.1, -0.05) is 0 Å². The molecule has 0 bridgehead atoms. The van der Waals surface area contributed by atoms with Crippen molar-refractivity contribution in [1.82, 2.24) is 9.97 Å². The molecule has 3 aromatic rings. The summed E-state index contributed by atoms with van der Waals surface area (Å²) < 4.78 is 9.45. The van der Waals surface area contributed by atoms with Gasteiger partial charge in [-0.3, -0.25) is 14.9 Å². The Balaban J connectivity index is 0.00000456. The number of esters is 2. The summed E-state index contributed by atoms with van der Waals surface area (Å²) in [4.78, 5) is 54.3. The SMILES string of the molecule is COC(=O)c1ccc(C(=O)OC)c(Nc2nc(Nc3ccc(NC(C)=O)cc3)ncc2[N+](=O)[O-])c1.Cl. The average Bonchev–Trinajstić information content (AvgIpc) is 2.84. The lowest BCUT2D eigenvalue weighted by atomic mass is 10.1. The number of carbonyl (C=O) groups excluding carboxylic acids is 3. The maximum atomic E-state index is 12.2. The number of nitrogens with zero attached hydrogens (tertiary/aromatic N) is 3. The van der Waals surface area contributed by atoms with Crippen molar-refractivity contribution in [2.45, 2.75) is 6.92 Å². The van der Waals surface area contributed by atoms with E-state index >= 15 is 0 Å². The van der Waals surface area contributed by atoms with Crippen molar-refractivity contribution in [1.29, 1.82) is 0 Å². The first-order chi connectivity index (χ1) is 16.7. The number of carbonyl (C=O) groups is 3. The van der Waals surface area contributed by atoms with Gasteiger partial charge in [-0.15, -0.1) is 12.4 Å². The fourth-order valence-electron chi connectivity index (χ4n) is 2.94. The van der Waals surface area contributed by atoms with Crippen molar-refractivity contribution in [3.8, 4) is 0 Å². The molecule has 0 aliphatic heterocycles. The fourth-order valence-corrected chi connectivity index (χ4v) is 2.94. The van der Waals surface area contributed by atoms with Crippen LogP contribution in [0.4, 0.5) is 34.5 Å². The van der Waals surface area contributed by atoms with E-state index in [1.807, 2.05) is 0 Å². The van der Waals surface area contributed by atoms with Gasteiger partial charge in [-0.05, 0) is 42.5 Å². The molecule has 1 aromatic heterocycles. The van der Waals surface area contributed by atoms with Gasteiger partial charge < -0.3 is 25.4 Å². The Bertz CT molecular complexity index is 1300. The fraction of sp³-hybridized carbons (Fsp3) is 0.136. The van der Waals surface area contributed by atoms with Crippen molar-refractivity contribution in [2.75, 3.05) is 30.2 Å². The lowest BCUT2D eigenvalue weighted by Gasteiger charge is -2.13. The minimum Gasteiger partial charge on any atom is -0.465 e. The minimum atomic E-state index is -0.738. The van der Waals surface area contributed by atoms with Gasteiger partial charge in [0.1, 0.15) is 6.20 Å². The number of nitro groups is 1. The molecule has 1 amide bonds. The maximum Gasteiger partial charge on any atom is 0.339 e. The zero-order chi connectivity index (χ0) is 25.5. The van der Waals surface area contributed by atoms with E-state index in [2.05, 4.69) is 25.9 Å². The Morgan fingerprint density at radius 2 is 1.58 bits per heavy atom. The average molecular weight is 517 g/mol. The topological polar surface area (TPSA) is 175 Å². The monoisotopic (exact) mass is 516 g/mol. The van der Waals surface area contributed by atoms with Crippen molar-refractivity contribution >= 4 is 64.8 Å². The number of hydrogen-bond acceptors (Lipinski definition) is 11. The summed E-state index contributed by atoms with van der Waals surface area (Å²) in [5.74, 6) is -1.86. The highest BCUT2D eigenvalue weighted by Gasteiger charge is 2.22. The highest BCUT2D eigenvalue weighted by Crippen LogP contribution is 2.30. The molecular formula is C22H21ClN6O7. The van der Waals surface area contributed by atoms with E-state index in [1.165, 1.54) is 39.3 Å². The van der Waals surface area contributed by atoms with Gasteiger partial charge in [0, 0.05) is 18.3 Å². The third-order valence-electron chi connectivity index (χ3n) is 4.53. The number of amides is 1. The van der Waals surface area contributed by atoms with Crippen LogP contribution in [0.3, 0.4) is 0 Å². The number of ether oxygens (including phenoxy) is 2. The van der Waals surface area contributed by atoms with E-state index in [1.54, 1.807) is 24.3 Å². The van der Waals surface area contributed by atoms with E-state index < -0.39 is 22.5 Å². The van der Waals surface area contributed by atoms with Crippen LogP contribution < -0.4 is 16.0 Å². The van der Waals surface area contributed by atoms with Gasteiger partial charge in [0.05, 0.1) is 36.0 Å². The molecule has 3 N–H and O–H groups in total. The van der Waals surface area contributed by atoms with Gasteiger partial charge in [-0.2, -0.15) is 4.98 Å². The summed E-state index contributed by atoms with van der Waals surface area (Å²) in [6.45, 7) is 1.39. The number of halogens is 1. The minimum absolute atomic E-state index is 0. The molecule has 0 aliphatic rings. The van der Waals surface area contributed by atoms with Crippen LogP contribution >= 0.6 is 12.4 Å². The molecular weight excluding hydrogens is 496 g/mol. The standard InChI is InChI=1S/C22H20N6O7.ClH/c1-12(29)24-14-5-7-15(8-6-14)25-22-23-11-18(28(32)33)19(27-22)26-17-10-13(20(30)34-2)4-9-16(17)21(31)35-3;/h4-11H,1-3H3,(H,24,29)(H2,23,25,26,27);1H. The second-order valence-electron chi connectivity index (χ2n) is 6.94. The second-order valence-corrected chi connectivity index (χ2v) is 6.94. The molecule has 2 aromatic carbocycles. The third kappa shape index (κ3) is 6.64. The normalized spacial score (nSPS) is 9.86. The molecule has 0 unspecified atom stereocenters. The van der Waals surface area contributed by atoms with E-state index in [9.17, 15) is 24.5 Å². The smallest absolute Gasteiger partial charge is 0.339 e. The summed E-state index contributed by atoms with van der Waals surface area (Å²) >= 11 is 0. The summed E-state index contributed by atoms with van der Waals surface area (Å²) in [6, 6.07) is 10.6. The lowest BCUT2D eigenvalue weighted by Crippen LogP contribution is -2.11. The molecule has 3 rings (SSSR count). The molecule has 0 saturated carbocycles. The van der Waals surface area contributed by atoms with Gasteiger partial charge in [0.15, 0.2) is 0 Å². The Morgan fingerprint density at radius 1 is 0.944 bits per heavy atom. The van der Waals surface area contributed by atoms with Crippen LogP contribution in [0.1, 0.15) is 27.6 Å². The number of anilines is 5. The molecule has 0 aliphatic carbocycles. The maximum absolute atomic E-state index is 12.2. The van der Waals surface area contributed by atoms with Gasteiger partial charge >= 0.3 is 17.6 Å². The third-order valence-corrected chi connectivity index (χ3v) is 4.53. The largest absolute Gasteiger partial charge is 0.465 e. The number of hydrogen-bond donors (Lipinski definition) is 3. The number of rotatable bonds is 8. The van der Waals surface area contributed by atoms with Crippen molar-refractivity contribution in [2.24, 2.45) is 0 Å². The molecule has 13 nitrogen and oxygen atoms in total. The van der Waals surface area contributed by atoms with Crippen LogP contribution in [-0.4, -0.2) is 47.0 Å². The van der Waals surface area contributed by atoms with Crippen LogP contribution in [0.15, 0.2) is 48.7 Å². The first kappa shape index (κ1) is 27.5. The molecule has 1 heterocycles. The molecule has 0 radical (unpaired) electrons. The van der Waals surface area contributed by atoms with Gasteiger partial charge in [0.2, 0.25) is 17.7 Å². The van der Waals surface area contributed by atoms with E-state index in [-0.39, 0.29) is 46.9 Å². The first-order valence-electron chi connectivity index (χ1n) is 9.95. The predicted molar refractivity (Wildman–Crippen MR) is 132 cm³/mol. The number of benzene rings is 2. The molecule has 36 heavy (non-hydrogen) atoms. The zero-order valence-corrected chi connectivity index (χ0v) is 20.0. The summed E-state index contributed by atoms with van der Waals surface area (Å²) in [5.41, 5.74) is 0.786.